The zero-order chi connectivity index (χ0) is 17.2. The van der Waals surface area contributed by atoms with E-state index < -0.39 is 0 Å². The van der Waals surface area contributed by atoms with E-state index in [1.807, 2.05) is 6.07 Å². The van der Waals surface area contributed by atoms with Gasteiger partial charge in [-0.15, -0.1) is 0 Å². The van der Waals surface area contributed by atoms with Gasteiger partial charge in [-0.3, -0.25) is 4.79 Å². The largest absolute Gasteiger partial charge is 0.331 e. The maximum atomic E-state index is 13.2. The summed E-state index contributed by atoms with van der Waals surface area (Å²) < 4.78 is 0. The van der Waals surface area contributed by atoms with Gasteiger partial charge in [0.15, 0.2) is 0 Å². The first-order valence-corrected chi connectivity index (χ1v) is 9.39. The van der Waals surface area contributed by atoms with Crippen molar-refractivity contribution in [3.63, 3.8) is 0 Å². The Balaban J connectivity index is 1.61. The van der Waals surface area contributed by atoms with E-state index in [0.717, 1.165) is 25.7 Å². The summed E-state index contributed by atoms with van der Waals surface area (Å²) in [6.07, 6.45) is 4.79. The molecule has 1 unspecified atom stereocenters. The molecule has 0 radical (unpaired) electrons. The number of amides is 1. The summed E-state index contributed by atoms with van der Waals surface area (Å²) in [4.78, 5) is 15.2. The minimum Gasteiger partial charge on any atom is -0.331 e. The smallest absolute Gasteiger partial charge is 0.223 e. The molecule has 0 bridgehead atoms. The number of hydrogen-bond donors (Lipinski definition) is 1. The predicted octanol–water partition coefficient (Wildman–Crippen LogP) is 3.83. The van der Waals surface area contributed by atoms with Gasteiger partial charge in [-0.1, -0.05) is 61.0 Å². The Kier molecular flexibility index (Phi) is 4.58. The lowest BCUT2D eigenvalue weighted by atomic mass is 9.89. The molecule has 25 heavy (non-hydrogen) atoms. The monoisotopic (exact) mass is 334 g/mol. The summed E-state index contributed by atoms with van der Waals surface area (Å²) in [5, 5.41) is 0. The van der Waals surface area contributed by atoms with E-state index in [9.17, 15) is 4.79 Å². The lowest BCUT2D eigenvalue weighted by molar-refractivity contribution is -0.136. The van der Waals surface area contributed by atoms with Crippen LogP contribution < -0.4 is 5.73 Å². The number of nitrogens with two attached hydrogens (primary N) is 1. The van der Waals surface area contributed by atoms with Crippen LogP contribution in [0.1, 0.15) is 48.4 Å². The first-order valence-electron chi connectivity index (χ1n) is 9.39. The van der Waals surface area contributed by atoms with Gasteiger partial charge < -0.3 is 10.6 Å². The topological polar surface area (TPSA) is 46.3 Å². The average Bonchev–Trinajstić information content (AvgIpc) is 3.06. The first kappa shape index (κ1) is 16.3. The molecule has 1 aliphatic carbocycles. The second-order valence-corrected chi connectivity index (χ2v) is 7.48. The van der Waals surface area contributed by atoms with Crippen LogP contribution in [0.3, 0.4) is 0 Å². The number of hydrogen-bond acceptors (Lipinski definition) is 2. The third-order valence-electron chi connectivity index (χ3n) is 5.91. The van der Waals surface area contributed by atoms with Gasteiger partial charge in [0, 0.05) is 19.0 Å². The highest BCUT2D eigenvalue weighted by Gasteiger charge is 2.33. The zero-order valence-corrected chi connectivity index (χ0v) is 14.6. The van der Waals surface area contributed by atoms with Crippen molar-refractivity contribution >= 4 is 5.91 Å². The highest BCUT2D eigenvalue weighted by atomic mass is 16.2. The van der Waals surface area contributed by atoms with Crippen molar-refractivity contribution in [1.82, 2.24) is 4.90 Å². The van der Waals surface area contributed by atoms with E-state index in [-0.39, 0.29) is 18.0 Å². The molecule has 2 aromatic carbocycles. The number of benzene rings is 2. The van der Waals surface area contributed by atoms with Crippen LogP contribution in [0.15, 0.2) is 54.6 Å². The molecule has 1 aliphatic heterocycles. The quantitative estimate of drug-likeness (QED) is 0.927. The third kappa shape index (κ3) is 3.34. The van der Waals surface area contributed by atoms with E-state index in [4.69, 9.17) is 5.73 Å². The number of nitrogens with zero attached hydrogens (tertiary/aromatic N) is 1. The fourth-order valence-corrected chi connectivity index (χ4v) is 4.42. The average molecular weight is 334 g/mol. The zero-order valence-electron chi connectivity index (χ0n) is 14.6. The van der Waals surface area contributed by atoms with Crippen LogP contribution in [-0.2, 0) is 17.8 Å². The molecule has 1 heterocycles. The molecule has 2 N–H and O–H groups in total. The maximum Gasteiger partial charge on any atom is 0.223 e. The Bertz CT molecular complexity index is 743. The van der Waals surface area contributed by atoms with Crippen molar-refractivity contribution in [1.29, 1.82) is 0 Å². The Hall–Kier alpha value is -2.13. The normalized spacial score (nSPS) is 25.6. The lowest BCUT2D eigenvalue weighted by Crippen LogP contribution is -2.40. The molecule has 0 spiro atoms. The molecule has 2 aromatic rings. The Morgan fingerprint density at radius 1 is 1.00 bits per heavy atom. The molecular weight excluding hydrogens is 308 g/mol. The van der Waals surface area contributed by atoms with E-state index >= 15 is 0 Å². The van der Waals surface area contributed by atoms with E-state index in [1.54, 1.807) is 0 Å². The van der Waals surface area contributed by atoms with Crippen molar-refractivity contribution in [2.24, 2.45) is 11.7 Å². The van der Waals surface area contributed by atoms with Crippen LogP contribution in [0, 0.1) is 5.92 Å². The van der Waals surface area contributed by atoms with Gasteiger partial charge in [0.05, 0.1) is 6.04 Å². The van der Waals surface area contributed by atoms with Crippen molar-refractivity contribution < 1.29 is 4.79 Å². The van der Waals surface area contributed by atoms with E-state index in [1.165, 1.54) is 16.7 Å². The summed E-state index contributed by atoms with van der Waals surface area (Å²) in [6, 6.07) is 19.3. The summed E-state index contributed by atoms with van der Waals surface area (Å²) in [7, 11) is 0. The van der Waals surface area contributed by atoms with Crippen LogP contribution in [0.4, 0.5) is 0 Å². The van der Waals surface area contributed by atoms with E-state index in [2.05, 4.69) is 53.4 Å². The molecule has 1 amide bonds. The highest BCUT2D eigenvalue weighted by Crippen LogP contribution is 2.35. The molecule has 130 valence electrons. The summed E-state index contributed by atoms with van der Waals surface area (Å²) in [6.45, 7) is 0.705. The Morgan fingerprint density at radius 2 is 1.72 bits per heavy atom. The fraction of sp³-hybridized carbons (Fsp3) is 0.409. The van der Waals surface area contributed by atoms with Gasteiger partial charge in [0.2, 0.25) is 5.91 Å². The summed E-state index contributed by atoms with van der Waals surface area (Å²) >= 11 is 0. The molecule has 4 rings (SSSR count). The number of fused-ring (bicyclic) bond motifs is 1. The molecule has 3 heteroatoms. The summed E-state index contributed by atoms with van der Waals surface area (Å²) in [5.41, 5.74) is 10.1. The van der Waals surface area contributed by atoms with Crippen molar-refractivity contribution in [3.8, 4) is 0 Å². The van der Waals surface area contributed by atoms with Gasteiger partial charge in [-0.05, 0) is 41.9 Å². The van der Waals surface area contributed by atoms with Gasteiger partial charge in [-0.25, -0.2) is 0 Å². The summed E-state index contributed by atoms with van der Waals surface area (Å²) in [5.74, 6) is 0.604. The Morgan fingerprint density at radius 3 is 2.44 bits per heavy atom. The van der Waals surface area contributed by atoms with Crippen LogP contribution in [0.5, 0.6) is 0 Å². The maximum absolute atomic E-state index is 13.2. The third-order valence-corrected chi connectivity index (χ3v) is 5.91. The standard InChI is InChI=1S/C22H26N2O/c23-20-12-6-11-18(20)14-22(25)24-15-19-10-5-4-9-17(19)13-21(24)16-7-2-1-3-8-16/h1-5,7-10,18,20-21H,6,11-15,23H2/t18-,20+,21?/m0/s1. The number of carbonyl (C=O) groups is 1. The van der Waals surface area contributed by atoms with Crippen LogP contribution in [0.2, 0.25) is 0 Å². The van der Waals surface area contributed by atoms with Crippen molar-refractivity contribution in [2.45, 2.75) is 50.7 Å². The Labute approximate surface area is 149 Å². The second kappa shape index (κ2) is 7.01. The van der Waals surface area contributed by atoms with Gasteiger partial charge >= 0.3 is 0 Å². The first-order chi connectivity index (χ1) is 12.2. The number of rotatable bonds is 3. The second-order valence-electron chi connectivity index (χ2n) is 7.48. The van der Waals surface area contributed by atoms with E-state index in [0.29, 0.717) is 18.9 Å². The van der Waals surface area contributed by atoms with Crippen LogP contribution in [0.25, 0.3) is 0 Å². The lowest BCUT2D eigenvalue weighted by Gasteiger charge is -2.38. The molecule has 1 fully saturated rings. The fourth-order valence-electron chi connectivity index (χ4n) is 4.42. The molecule has 1 saturated carbocycles. The van der Waals surface area contributed by atoms with Gasteiger partial charge in [0.1, 0.15) is 0 Å². The number of carbonyl (C=O) groups excluding carboxylic acids is 1. The van der Waals surface area contributed by atoms with Crippen molar-refractivity contribution in [2.75, 3.05) is 0 Å². The molecule has 3 atom stereocenters. The minimum absolute atomic E-state index is 0.126. The van der Waals surface area contributed by atoms with Gasteiger partial charge in [0.25, 0.3) is 0 Å². The highest BCUT2D eigenvalue weighted by molar-refractivity contribution is 5.77. The molecule has 2 aliphatic rings. The molecule has 0 aromatic heterocycles. The predicted molar refractivity (Wildman–Crippen MR) is 99.8 cm³/mol. The minimum atomic E-state index is 0.126. The molecule has 3 nitrogen and oxygen atoms in total. The van der Waals surface area contributed by atoms with Crippen LogP contribution in [-0.4, -0.2) is 16.8 Å². The van der Waals surface area contributed by atoms with Gasteiger partial charge in [-0.2, -0.15) is 0 Å². The van der Waals surface area contributed by atoms with Crippen molar-refractivity contribution in [3.05, 3.63) is 71.3 Å². The molecule has 0 saturated heterocycles. The molecular formula is C22H26N2O. The SMILES string of the molecule is N[C@@H]1CCC[C@H]1CC(=O)N1Cc2ccccc2CC1c1ccccc1. The van der Waals surface area contributed by atoms with Crippen LogP contribution >= 0.6 is 0 Å².